The molecule has 0 aliphatic carbocycles. The third-order valence-electron chi connectivity index (χ3n) is 4.06. The van der Waals surface area contributed by atoms with Crippen LogP contribution in [0.25, 0.3) is 0 Å². The maximum absolute atomic E-state index is 11.3. The standard InChI is InChI=1S/2C13H11NO.Cu/c2*15-13-9-5-4-6-11(13)10-14-12-7-2-1-3-8-12;/h2*1-10,15H;/q;;+2/p-2. The number of para-hydroxylation sites is 4. The zero-order valence-corrected chi connectivity index (χ0v) is 17.5. The number of hydrogen-bond acceptors (Lipinski definition) is 4. The molecule has 0 saturated carbocycles. The van der Waals surface area contributed by atoms with Crippen molar-refractivity contribution < 1.29 is 27.3 Å². The van der Waals surface area contributed by atoms with Gasteiger partial charge in [-0.05, 0) is 35.4 Å². The molecule has 0 amide bonds. The number of hydrogen-bond donors (Lipinski definition) is 0. The molecule has 4 aromatic carbocycles. The third-order valence-corrected chi connectivity index (χ3v) is 4.06. The molecule has 0 bridgehead atoms. The van der Waals surface area contributed by atoms with E-state index >= 15 is 0 Å². The Morgan fingerprint density at radius 2 is 0.774 bits per heavy atom. The van der Waals surface area contributed by atoms with Crippen molar-refractivity contribution in [3.8, 4) is 11.5 Å². The van der Waals surface area contributed by atoms with Gasteiger partial charge in [0.05, 0.1) is 11.4 Å². The van der Waals surface area contributed by atoms with E-state index in [-0.39, 0.29) is 28.6 Å². The van der Waals surface area contributed by atoms with Crippen LogP contribution < -0.4 is 10.2 Å². The SMILES string of the molecule is [Cu+2].[O-]c1ccccc1C=Nc1ccccc1.[O-]c1ccccc1C=Nc1ccccc1. The van der Waals surface area contributed by atoms with Gasteiger partial charge in [0.2, 0.25) is 0 Å². The van der Waals surface area contributed by atoms with Crippen molar-refractivity contribution in [2.75, 3.05) is 0 Å². The average Bonchev–Trinajstić information content (AvgIpc) is 2.80. The Bertz CT molecular complexity index is 1020. The quantitative estimate of drug-likeness (QED) is 0.320. The van der Waals surface area contributed by atoms with Crippen molar-refractivity contribution in [2.24, 2.45) is 9.98 Å². The largest absolute Gasteiger partial charge is 2.00 e. The predicted molar refractivity (Wildman–Crippen MR) is 119 cm³/mol. The van der Waals surface area contributed by atoms with Gasteiger partial charge in [-0.3, -0.25) is 9.98 Å². The second kappa shape index (κ2) is 12.8. The molecule has 0 spiro atoms. The number of aliphatic imine (C=N–C) groups is 2. The van der Waals surface area contributed by atoms with Crippen molar-refractivity contribution in [1.82, 2.24) is 0 Å². The van der Waals surface area contributed by atoms with E-state index in [4.69, 9.17) is 0 Å². The maximum atomic E-state index is 11.3. The summed E-state index contributed by atoms with van der Waals surface area (Å²) in [5.74, 6) is -0.00522. The first kappa shape index (κ1) is 23.6. The van der Waals surface area contributed by atoms with Crippen molar-refractivity contribution in [3.63, 3.8) is 0 Å². The van der Waals surface area contributed by atoms with Crippen LogP contribution in [-0.2, 0) is 17.1 Å². The first-order valence-corrected chi connectivity index (χ1v) is 9.43. The first-order valence-electron chi connectivity index (χ1n) is 9.43. The molecule has 0 aliphatic heterocycles. The van der Waals surface area contributed by atoms with Crippen LogP contribution in [0.5, 0.6) is 11.5 Å². The fourth-order valence-corrected chi connectivity index (χ4v) is 2.49. The smallest absolute Gasteiger partial charge is 0.872 e. The molecule has 1 radical (unpaired) electrons. The summed E-state index contributed by atoms with van der Waals surface area (Å²) in [5.41, 5.74) is 2.92. The van der Waals surface area contributed by atoms with Crippen LogP contribution in [0, 0.1) is 0 Å². The summed E-state index contributed by atoms with van der Waals surface area (Å²) in [6.45, 7) is 0. The molecular weight excluding hydrogens is 436 g/mol. The van der Waals surface area contributed by atoms with Crippen LogP contribution >= 0.6 is 0 Å². The minimum atomic E-state index is -0.00261. The fraction of sp³-hybridized carbons (Fsp3) is 0. The molecule has 4 nitrogen and oxygen atoms in total. The van der Waals surface area contributed by atoms with E-state index in [0.717, 1.165) is 11.4 Å². The number of nitrogens with zero attached hydrogens (tertiary/aromatic N) is 2. The van der Waals surface area contributed by atoms with Gasteiger partial charge >= 0.3 is 17.1 Å². The van der Waals surface area contributed by atoms with Crippen LogP contribution in [0.15, 0.2) is 119 Å². The molecule has 4 aromatic rings. The van der Waals surface area contributed by atoms with Crippen LogP contribution in [0.4, 0.5) is 11.4 Å². The molecule has 4 rings (SSSR count). The maximum Gasteiger partial charge on any atom is 2.00 e. The Kier molecular flexibility index (Phi) is 9.76. The van der Waals surface area contributed by atoms with E-state index in [0.29, 0.717) is 11.1 Å². The van der Waals surface area contributed by atoms with Crippen molar-refractivity contribution >= 4 is 23.8 Å². The molecule has 5 heteroatoms. The molecule has 157 valence electrons. The number of benzene rings is 4. The topological polar surface area (TPSA) is 70.8 Å². The monoisotopic (exact) mass is 455 g/mol. The molecule has 0 fully saturated rings. The van der Waals surface area contributed by atoms with E-state index < -0.39 is 0 Å². The molecule has 0 unspecified atom stereocenters. The summed E-state index contributed by atoms with van der Waals surface area (Å²) >= 11 is 0. The number of rotatable bonds is 4. The molecule has 0 heterocycles. The molecule has 0 aromatic heterocycles. The molecule has 31 heavy (non-hydrogen) atoms. The second-order valence-corrected chi connectivity index (χ2v) is 6.26. The summed E-state index contributed by atoms with van der Waals surface area (Å²) in [4.78, 5) is 8.42. The first-order chi connectivity index (χ1) is 14.7. The molecule has 0 saturated heterocycles. The fourth-order valence-electron chi connectivity index (χ4n) is 2.49. The molecule has 0 aliphatic rings. The third kappa shape index (κ3) is 7.94. The van der Waals surface area contributed by atoms with Crippen LogP contribution in [0.2, 0.25) is 0 Å². The Morgan fingerprint density at radius 1 is 0.452 bits per heavy atom. The van der Waals surface area contributed by atoms with E-state index in [2.05, 4.69) is 9.98 Å². The normalized spacial score (nSPS) is 10.3. The summed E-state index contributed by atoms with van der Waals surface area (Å²) < 4.78 is 0. The van der Waals surface area contributed by atoms with E-state index in [1.165, 1.54) is 12.1 Å². The van der Waals surface area contributed by atoms with Crippen LogP contribution in [-0.4, -0.2) is 12.4 Å². The van der Waals surface area contributed by atoms with Gasteiger partial charge in [-0.15, -0.1) is 11.5 Å². The van der Waals surface area contributed by atoms with Gasteiger partial charge in [0.15, 0.2) is 0 Å². The van der Waals surface area contributed by atoms with Gasteiger partial charge in [-0.2, -0.15) is 0 Å². The molecule has 0 atom stereocenters. The minimum Gasteiger partial charge on any atom is -0.872 e. The van der Waals surface area contributed by atoms with Gasteiger partial charge in [0.1, 0.15) is 0 Å². The van der Waals surface area contributed by atoms with Crippen molar-refractivity contribution in [3.05, 3.63) is 120 Å². The molecule has 0 N–H and O–H groups in total. The van der Waals surface area contributed by atoms with Crippen LogP contribution in [0.1, 0.15) is 11.1 Å². The van der Waals surface area contributed by atoms with Gasteiger partial charge in [0.25, 0.3) is 0 Å². The Labute approximate surface area is 192 Å². The summed E-state index contributed by atoms with van der Waals surface area (Å²) in [7, 11) is 0. The molecular formula is C26H20CuN2O2. The van der Waals surface area contributed by atoms with Gasteiger partial charge < -0.3 is 10.2 Å². The Hall–Kier alpha value is -3.66. The van der Waals surface area contributed by atoms with Crippen LogP contribution in [0.3, 0.4) is 0 Å². The van der Waals surface area contributed by atoms with E-state index in [1.807, 2.05) is 72.8 Å². The van der Waals surface area contributed by atoms with E-state index in [1.54, 1.807) is 36.7 Å². The Balaban J connectivity index is 0.000000213. The van der Waals surface area contributed by atoms with Gasteiger partial charge in [-0.1, -0.05) is 84.9 Å². The van der Waals surface area contributed by atoms with Gasteiger partial charge in [-0.25, -0.2) is 0 Å². The average molecular weight is 456 g/mol. The summed E-state index contributed by atoms with van der Waals surface area (Å²) in [6, 6.07) is 32.8. The van der Waals surface area contributed by atoms with Crippen molar-refractivity contribution in [2.45, 2.75) is 0 Å². The zero-order chi connectivity index (χ0) is 21.0. The predicted octanol–water partition coefficient (Wildman–Crippen LogP) is 5.02. The van der Waals surface area contributed by atoms with E-state index in [9.17, 15) is 10.2 Å². The zero-order valence-electron chi connectivity index (χ0n) is 16.6. The summed E-state index contributed by atoms with van der Waals surface area (Å²) in [6.07, 6.45) is 3.19. The van der Waals surface area contributed by atoms with Gasteiger partial charge in [0, 0.05) is 12.4 Å². The Morgan fingerprint density at radius 3 is 1.13 bits per heavy atom. The minimum absolute atomic E-state index is 0. The van der Waals surface area contributed by atoms with Crippen molar-refractivity contribution in [1.29, 1.82) is 0 Å². The second-order valence-electron chi connectivity index (χ2n) is 6.26. The summed E-state index contributed by atoms with van der Waals surface area (Å²) in [5, 5.41) is 22.7.